The fraction of sp³-hybridized carbons (Fsp3) is 0.750. The Bertz CT molecular complexity index is 118. The van der Waals surface area contributed by atoms with Crippen molar-refractivity contribution in [3.05, 3.63) is 0 Å². The molecule has 0 saturated carbocycles. The minimum atomic E-state index is -0.472. The van der Waals surface area contributed by atoms with Crippen molar-refractivity contribution in [1.82, 2.24) is 0 Å². The lowest BCUT2D eigenvalue weighted by Crippen LogP contribution is -2.13. The second kappa shape index (κ2) is 5.15. The van der Waals surface area contributed by atoms with Gasteiger partial charge in [-0.05, 0) is 12.8 Å². The highest BCUT2D eigenvalue weighted by molar-refractivity contribution is 5.93. The van der Waals surface area contributed by atoms with Crippen LogP contribution in [0.1, 0.15) is 33.1 Å². The number of ketones is 1. The monoisotopic (exact) mass is 141 g/mol. The smallest absolute Gasteiger partial charge is 0.209 e. The molecule has 0 aliphatic heterocycles. The largest absolute Gasteiger partial charge is 0.299 e. The van der Waals surface area contributed by atoms with Gasteiger partial charge in [0.25, 0.3) is 0 Å². The van der Waals surface area contributed by atoms with Gasteiger partial charge in [0.2, 0.25) is 6.29 Å². The van der Waals surface area contributed by atoms with Crippen LogP contribution in [0.25, 0.3) is 0 Å². The van der Waals surface area contributed by atoms with Gasteiger partial charge in [0.1, 0.15) is 5.78 Å². The number of rotatable bonds is 5. The average Bonchev–Trinajstić information content (AvgIpc) is 1.91. The van der Waals surface area contributed by atoms with Crippen molar-refractivity contribution in [2.45, 2.75) is 33.1 Å². The van der Waals surface area contributed by atoms with E-state index in [1.807, 2.05) is 13.8 Å². The first-order valence-electron chi connectivity index (χ1n) is 3.66. The Labute approximate surface area is 61.6 Å². The second-order valence-corrected chi connectivity index (χ2v) is 2.29. The van der Waals surface area contributed by atoms with Crippen molar-refractivity contribution in [2.24, 2.45) is 5.92 Å². The van der Waals surface area contributed by atoms with E-state index in [9.17, 15) is 9.59 Å². The molecule has 0 aromatic heterocycles. The second-order valence-electron chi connectivity index (χ2n) is 2.29. The number of carbonyl (C=O) groups is 1. The van der Waals surface area contributed by atoms with Gasteiger partial charge in [0.15, 0.2) is 0 Å². The molecule has 2 nitrogen and oxygen atoms in total. The van der Waals surface area contributed by atoms with E-state index in [1.54, 1.807) is 6.29 Å². The molecule has 0 fully saturated rings. The fourth-order valence-electron chi connectivity index (χ4n) is 0.797. The molecule has 2 heteroatoms. The van der Waals surface area contributed by atoms with E-state index in [4.69, 9.17) is 0 Å². The lowest BCUT2D eigenvalue weighted by Gasteiger charge is -2.01. The first kappa shape index (κ1) is 9.34. The molecule has 1 atom stereocenters. The summed E-state index contributed by atoms with van der Waals surface area (Å²) in [6.45, 7) is 3.75. The maximum Gasteiger partial charge on any atom is 0.209 e. The first-order chi connectivity index (χ1) is 4.76. The highest BCUT2D eigenvalue weighted by Gasteiger charge is 2.14. The zero-order valence-electron chi connectivity index (χ0n) is 6.52. The Morgan fingerprint density at radius 2 is 2.10 bits per heavy atom. The third-order valence-corrected chi connectivity index (χ3v) is 1.44. The summed E-state index contributed by atoms with van der Waals surface area (Å²) in [5.41, 5.74) is 0. The maximum atomic E-state index is 10.9. The van der Waals surface area contributed by atoms with Crippen LogP contribution < -0.4 is 0 Å². The summed E-state index contributed by atoms with van der Waals surface area (Å²) in [5, 5.41) is 0. The van der Waals surface area contributed by atoms with Gasteiger partial charge >= 0.3 is 0 Å². The maximum absolute atomic E-state index is 10.9. The van der Waals surface area contributed by atoms with E-state index >= 15 is 0 Å². The molecule has 57 valence electrons. The van der Waals surface area contributed by atoms with Gasteiger partial charge in [-0.2, -0.15) is 0 Å². The zero-order valence-corrected chi connectivity index (χ0v) is 6.52. The van der Waals surface area contributed by atoms with Gasteiger partial charge in [0, 0.05) is 6.42 Å². The van der Waals surface area contributed by atoms with Crippen LogP contribution >= 0.6 is 0 Å². The Morgan fingerprint density at radius 1 is 1.50 bits per heavy atom. The topological polar surface area (TPSA) is 34.1 Å². The Balaban J connectivity index is 3.76. The van der Waals surface area contributed by atoms with Gasteiger partial charge in [-0.1, -0.05) is 13.8 Å². The Kier molecular flexibility index (Phi) is 4.81. The van der Waals surface area contributed by atoms with E-state index in [0.717, 1.165) is 6.42 Å². The van der Waals surface area contributed by atoms with Crippen LogP contribution in [-0.2, 0) is 9.59 Å². The van der Waals surface area contributed by atoms with Crippen molar-refractivity contribution in [2.75, 3.05) is 0 Å². The van der Waals surface area contributed by atoms with Crippen LogP contribution in [0, 0.1) is 5.92 Å². The minimum absolute atomic E-state index is 0.0278. The summed E-state index contributed by atoms with van der Waals surface area (Å²) in [6.07, 6.45) is 3.65. The molecule has 0 N–H and O–H groups in total. The summed E-state index contributed by atoms with van der Waals surface area (Å²) in [5.74, 6) is -0.444. The molecule has 0 aromatic carbocycles. The third-order valence-electron chi connectivity index (χ3n) is 1.44. The number of carbonyl (C=O) groups excluding carboxylic acids is 2. The zero-order chi connectivity index (χ0) is 7.98. The van der Waals surface area contributed by atoms with E-state index in [-0.39, 0.29) is 5.78 Å². The Morgan fingerprint density at radius 3 is 2.40 bits per heavy atom. The van der Waals surface area contributed by atoms with Gasteiger partial charge in [0.05, 0.1) is 5.92 Å². The minimum Gasteiger partial charge on any atom is -0.299 e. The molecule has 1 radical (unpaired) electrons. The van der Waals surface area contributed by atoms with Crippen molar-refractivity contribution in [1.29, 1.82) is 0 Å². The standard InChI is InChI=1S/C8H13O2/c1-3-5-8(10)7(4-2)6-9/h7H,3-5H2,1-2H3. The molecule has 0 amide bonds. The van der Waals surface area contributed by atoms with Gasteiger partial charge in [-0.25, -0.2) is 0 Å². The predicted molar refractivity (Wildman–Crippen MR) is 39.4 cm³/mol. The average molecular weight is 141 g/mol. The highest BCUT2D eigenvalue weighted by Crippen LogP contribution is 2.04. The predicted octanol–water partition coefficient (Wildman–Crippen LogP) is 1.49. The van der Waals surface area contributed by atoms with Crippen molar-refractivity contribution >= 4 is 12.1 Å². The van der Waals surface area contributed by atoms with Crippen LogP contribution in [0.2, 0.25) is 0 Å². The summed E-state index contributed by atoms with van der Waals surface area (Å²) in [6, 6.07) is 0. The summed E-state index contributed by atoms with van der Waals surface area (Å²) in [7, 11) is 0. The van der Waals surface area contributed by atoms with Crippen LogP contribution in [0.4, 0.5) is 0 Å². The van der Waals surface area contributed by atoms with E-state index in [1.165, 1.54) is 0 Å². The lowest BCUT2D eigenvalue weighted by molar-refractivity contribution is -0.121. The molecule has 1 unspecified atom stereocenters. The summed E-state index contributed by atoms with van der Waals surface area (Å²) >= 11 is 0. The molecule has 0 saturated heterocycles. The molecular formula is C8H13O2. The molecular weight excluding hydrogens is 128 g/mol. The number of hydrogen-bond acceptors (Lipinski definition) is 2. The lowest BCUT2D eigenvalue weighted by atomic mass is 10.00. The molecule has 0 spiro atoms. The molecule has 0 aliphatic carbocycles. The quantitative estimate of drug-likeness (QED) is 0.543. The van der Waals surface area contributed by atoms with Crippen LogP contribution in [0.3, 0.4) is 0 Å². The summed E-state index contributed by atoms with van der Waals surface area (Å²) < 4.78 is 0. The number of hydrogen-bond donors (Lipinski definition) is 0. The molecule has 0 aliphatic rings. The van der Waals surface area contributed by atoms with Crippen LogP contribution in [0.5, 0.6) is 0 Å². The molecule has 0 aromatic rings. The van der Waals surface area contributed by atoms with E-state index < -0.39 is 5.92 Å². The van der Waals surface area contributed by atoms with Crippen molar-refractivity contribution < 1.29 is 9.59 Å². The van der Waals surface area contributed by atoms with E-state index in [2.05, 4.69) is 0 Å². The number of Topliss-reactive ketones (excluding diaryl/α,β-unsaturated/α-hetero) is 1. The third kappa shape index (κ3) is 2.76. The molecule has 0 heterocycles. The fourth-order valence-corrected chi connectivity index (χ4v) is 0.797. The Hall–Kier alpha value is -0.660. The molecule has 0 rings (SSSR count). The van der Waals surface area contributed by atoms with Crippen LogP contribution in [-0.4, -0.2) is 12.1 Å². The highest BCUT2D eigenvalue weighted by atomic mass is 16.1. The molecule has 10 heavy (non-hydrogen) atoms. The van der Waals surface area contributed by atoms with E-state index in [0.29, 0.717) is 12.8 Å². The SMILES string of the molecule is CCCC(=O)C([C]=O)CC. The first-order valence-corrected chi connectivity index (χ1v) is 3.66. The molecule has 0 bridgehead atoms. The van der Waals surface area contributed by atoms with Crippen molar-refractivity contribution in [3.63, 3.8) is 0 Å². The van der Waals surface area contributed by atoms with Gasteiger partial charge in [-0.15, -0.1) is 0 Å². The van der Waals surface area contributed by atoms with Crippen molar-refractivity contribution in [3.8, 4) is 0 Å². The normalized spacial score (nSPS) is 12.6. The van der Waals surface area contributed by atoms with Gasteiger partial charge in [-0.3, -0.25) is 9.59 Å². The van der Waals surface area contributed by atoms with Gasteiger partial charge < -0.3 is 0 Å². The summed E-state index contributed by atoms with van der Waals surface area (Å²) in [4.78, 5) is 21.0. The van der Waals surface area contributed by atoms with Crippen LogP contribution in [0.15, 0.2) is 0 Å².